The minimum absolute atomic E-state index is 0.0818. The molecule has 4 rings (SSSR count). The number of rotatable bonds is 3. The minimum Gasteiger partial charge on any atom is -0.490 e. The summed E-state index contributed by atoms with van der Waals surface area (Å²) < 4.78 is 6.04. The van der Waals surface area contributed by atoms with Crippen molar-refractivity contribution < 1.29 is 9.53 Å². The lowest BCUT2D eigenvalue weighted by atomic mass is 10.1. The third-order valence-electron chi connectivity index (χ3n) is 4.38. The molecule has 1 saturated carbocycles. The molecule has 0 spiro atoms. The first-order chi connectivity index (χ1) is 11.3. The van der Waals surface area contributed by atoms with Gasteiger partial charge in [0.15, 0.2) is 0 Å². The number of amides is 1. The zero-order valence-electron chi connectivity index (χ0n) is 12.8. The molecule has 2 aliphatic rings. The molecular weight excluding hydrogens is 326 g/mol. The van der Waals surface area contributed by atoms with Gasteiger partial charge in [-0.05, 0) is 54.8 Å². The average molecular weight is 345 g/mol. The second-order valence-electron chi connectivity index (χ2n) is 6.03. The van der Waals surface area contributed by atoms with Crippen molar-refractivity contribution in [2.45, 2.75) is 37.0 Å². The number of anilines is 1. The Bertz CT molecular complexity index is 689. The van der Waals surface area contributed by atoms with Crippen molar-refractivity contribution in [2.75, 3.05) is 11.1 Å². The van der Waals surface area contributed by atoms with Crippen LogP contribution in [0.1, 0.15) is 41.4 Å². The smallest absolute Gasteiger partial charge is 0.234 e. The van der Waals surface area contributed by atoms with Gasteiger partial charge in [-0.15, -0.1) is 23.1 Å². The highest BCUT2D eigenvalue weighted by molar-refractivity contribution is 8.00. The third kappa shape index (κ3) is 3.26. The summed E-state index contributed by atoms with van der Waals surface area (Å²) in [6.45, 7) is 0. The van der Waals surface area contributed by atoms with Crippen molar-refractivity contribution in [3.8, 4) is 5.75 Å². The van der Waals surface area contributed by atoms with Crippen molar-refractivity contribution in [1.29, 1.82) is 0 Å². The SMILES string of the molecule is O=C1CS[C@H](c2ccc(OC3CCCC3)cc2)c2sccc2N1. The lowest BCUT2D eigenvalue weighted by Gasteiger charge is -2.16. The van der Waals surface area contributed by atoms with Gasteiger partial charge in [-0.25, -0.2) is 0 Å². The molecule has 1 N–H and O–H groups in total. The molecule has 1 amide bonds. The fourth-order valence-electron chi connectivity index (χ4n) is 3.22. The lowest BCUT2D eigenvalue weighted by Crippen LogP contribution is -2.11. The predicted octanol–water partition coefficient (Wildman–Crippen LogP) is 4.84. The number of carbonyl (C=O) groups is 1. The molecule has 2 aromatic rings. The summed E-state index contributed by atoms with van der Waals surface area (Å²) in [5.41, 5.74) is 2.19. The van der Waals surface area contributed by atoms with Crippen LogP contribution in [-0.2, 0) is 4.79 Å². The van der Waals surface area contributed by atoms with E-state index in [1.54, 1.807) is 23.1 Å². The highest BCUT2D eigenvalue weighted by atomic mass is 32.2. The fourth-order valence-corrected chi connectivity index (χ4v) is 5.46. The molecule has 1 aliphatic heterocycles. The molecule has 1 atom stereocenters. The molecule has 0 radical (unpaired) electrons. The summed E-state index contributed by atoms with van der Waals surface area (Å²) in [6, 6.07) is 10.4. The van der Waals surface area contributed by atoms with Crippen molar-refractivity contribution in [1.82, 2.24) is 0 Å². The van der Waals surface area contributed by atoms with E-state index in [-0.39, 0.29) is 11.2 Å². The molecule has 1 aromatic heterocycles. The standard InChI is InChI=1S/C18H19NO2S2/c20-16-11-23-17(18-15(19-16)9-10-22-18)12-5-7-14(8-6-12)21-13-3-1-2-4-13/h5-10,13,17H,1-4,11H2,(H,19,20)/t17-/m1/s1. The van der Waals surface area contributed by atoms with Crippen LogP contribution in [-0.4, -0.2) is 17.8 Å². The van der Waals surface area contributed by atoms with Gasteiger partial charge in [-0.1, -0.05) is 12.1 Å². The molecule has 23 heavy (non-hydrogen) atoms. The molecule has 0 unspecified atom stereocenters. The van der Waals surface area contributed by atoms with E-state index in [1.165, 1.54) is 36.1 Å². The van der Waals surface area contributed by atoms with Gasteiger partial charge in [0.1, 0.15) is 5.75 Å². The van der Waals surface area contributed by atoms with Crippen LogP contribution in [0.5, 0.6) is 5.75 Å². The second-order valence-corrected chi connectivity index (χ2v) is 8.07. The highest BCUT2D eigenvalue weighted by Gasteiger charge is 2.25. The van der Waals surface area contributed by atoms with Crippen molar-refractivity contribution in [2.24, 2.45) is 0 Å². The van der Waals surface area contributed by atoms with Crippen LogP contribution < -0.4 is 10.1 Å². The van der Waals surface area contributed by atoms with Gasteiger partial charge < -0.3 is 10.1 Å². The van der Waals surface area contributed by atoms with Gasteiger partial charge in [-0.2, -0.15) is 0 Å². The van der Waals surface area contributed by atoms with Gasteiger partial charge in [0, 0.05) is 4.88 Å². The number of ether oxygens (including phenoxy) is 1. The Morgan fingerprint density at radius 2 is 1.87 bits per heavy atom. The first-order valence-electron chi connectivity index (χ1n) is 8.05. The molecule has 2 heterocycles. The molecule has 120 valence electrons. The normalized spacial score (nSPS) is 21.6. The first-order valence-corrected chi connectivity index (χ1v) is 9.98. The van der Waals surface area contributed by atoms with Gasteiger partial charge in [-0.3, -0.25) is 4.79 Å². The van der Waals surface area contributed by atoms with E-state index < -0.39 is 0 Å². The van der Waals surface area contributed by atoms with Crippen molar-refractivity contribution in [3.05, 3.63) is 46.2 Å². The van der Waals surface area contributed by atoms with Crippen molar-refractivity contribution in [3.63, 3.8) is 0 Å². The number of hydrogen-bond donors (Lipinski definition) is 1. The van der Waals surface area contributed by atoms with Crippen LogP contribution in [0.15, 0.2) is 35.7 Å². The van der Waals surface area contributed by atoms with Crippen LogP contribution in [0.2, 0.25) is 0 Å². The average Bonchev–Trinajstić information content (AvgIpc) is 3.19. The van der Waals surface area contributed by atoms with Gasteiger partial charge in [0.25, 0.3) is 0 Å². The first kappa shape index (κ1) is 15.1. The summed E-state index contributed by atoms with van der Waals surface area (Å²) in [7, 11) is 0. The van der Waals surface area contributed by atoms with E-state index in [1.807, 2.05) is 11.4 Å². The number of fused-ring (bicyclic) bond motifs is 1. The number of thioether (sulfide) groups is 1. The quantitative estimate of drug-likeness (QED) is 0.865. The van der Waals surface area contributed by atoms with Gasteiger partial charge >= 0.3 is 0 Å². The zero-order chi connectivity index (χ0) is 15.6. The Kier molecular flexibility index (Phi) is 4.31. The summed E-state index contributed by atoms with van der Waals surface area (Å²) in [6.07, 6.45) is 5.30. The Hall–Kier alpha value is -1.46. The molecule has 5 heteroatoms. The number of thiophene rings is 1. The minimum atomic E-state index is 0.0818. The number of hydrogen-bond acceptors (Lipinski definition) is 4. The van der Waals surface area contributed by atoms with Crippen LogP contribution in [0.4, 0.5) is 5.69 Å². The topological polar surface area (TPSA) is 38.3 Å². The molecule has 1 aliphatic carbocycles. The second kappa shape index (κ2) is 6.57. The van der Waals surface area contributed by atoms with E-state index >= 15 is 0 Å². The molecule has 0 bridgehead atoms. The maximum atomic E-state index is 11.8. The van der Waals surface area contributed by atoms with E-state index in [0.717, 1.165) is 11.4 Å². The monoisotopic (exact) mass is 345 g/mol. The van der Waals surface area contributed by atoms with Crippen LogP contribution in [0.3, 0.4) is 0 Å². The molecule has 1 aromatic carbocycles. The number of benzene rings is 1. The van der Waals surface area contributed by atoms with Gasteiger partial charge in [0.2, 0.25) is 5.91 Å². The maximum absolute atomic E-state index is 11.8. The molecule has 1 fully saturated rings. The Morgan fingerprint density at radius 3 is 2.65 bits per heavy atom. The summed E-state index contributed by atoms with van der Waals surface area (Å²) in [5, 5.41) is 5.24. The van der Waals surface area contributed by atoms with Crippen molar-refractivity contribution >= 4 is 34.7 Å². The predicted molar refractivity (Wildman–Crippen MR) is 96.6 cm³/mol. The Balaban J connectivity index is 1.55. The van der Waals surface area contributed by atoms with Crippen LogP contribution >= 0.6 is 23.1 Å². The fraction of sp³-hybridized carbons (Fsp3) is 0.389. The van der Waals surface area contributed by atoms with E-state index in [9.17, 15) is 4.79 Å². The number of nitrogens with one attached hydrogen (secondary N) is 1. The summed E-state index contributed by atoms with van der Waals surface area (Å²) in [5.74, 6) is 1.53. The third-order valence-corrected chi connectivity index (χ3v) is 6.78. The van der Waals surface area contributed by atoms with Crippen LogP contribution in [0.25, 0.3) is 0 Å². The van der Waals surface area contributed by atoms with E-state index in [0.29, 0.717) is 11.9 Å². The molecule has 3 nitrogen and oxygen atoms in total. The number of carbonyl (C=O) groups excluding carboxylic acids is 1. The highest BCUT2D eigenvalue weighted by Crippen LogP contribution is 2.44. The van der Waals surface area contributed by atoms with Gasteiger partial charge in [0.05, 0.1) is 22.8 Å². The van der Waals surface area contributed by atoms with Crippen LogP contribution in [0, 0.1) is 0 Å². The largest absolute Gasteiger partial charge is 0.490 e. The molecular formula is C18H19NO2S2. The van der Waals surface area contributed by atoms with E-state index in [4.69, 9.17) is 4.74 Å². The summed E-state index contributed by atoms with van der Waals surface area (Å²) >= 11 is 3.40. The lowest BCUT2D eigenvalue weighted by molar-refractivity contribution is -0.113. The zero-order valence-corrected chi connectivity index (χ0v) is 14.4. The Morgan fingerprint density at radius 1 is 1.09 bits per heavy atom. The molecule has 0 saturated heterocycles. The summed E-state index contributed by atoms with van der Waals surface area (Å²) in [4.78, 5) is 13.0. The Labute approximate surface area is 144 Å². The van der Waals surface area contributed by atoms with E-state index in [2.05, 4.69) is 29.6 Å². The maximum Gasteiger partial charge on any atom is 0.234 e.